The van der Waals surface area contributed by atoms with Crippen molar-refractivity contribution in [3.05, 3.63) is 29.8 Å². The zero-order valence-electron chi connectivity index (χ0n) is 12.1. The molecule has 0 aromatic heterocycles. The normalized spacial score (nSPS) is 12.4. The number of carbonyl (C=O) groups excluding carboxylic acids is 2. The predicted molar refractivity (Wildman–Crippen MR) is 73.7 cm³/mol. The maximum atomic E-state index is 11.7. The summed E-state index contributed by atoms with van der Waals surface area (Å²) < 4.78 is 5.03. The van der Waals surface area contributed by atoms with E-state index in [1.165, 1.54) is 6.07 Å². The third-order valence-electron chi connectivity index (χ3n) is 2.48. The lowest BCUT2D eigenvalue weighted by molar-refractivity contribution is -0.236. The highest BCUT2D eigenvalue weighted by molar-refractivity contribution is 5.81. The number of phenolic OH excluding ortho intramolecular Hbond substituents is 1. The summed E-state index contributed by atoms with van der Waals surface area (Å²) in [4.78, 5) is 26.8. The minimum atomic E-state index is -1.18. The van der Waals surface area contributed by atoms with Gasteiger partial charge in [-0.05, 0) is 32.4 Å². The number of hydrogen-bond donors (Lipinski definition) is 3. The van der Waals surface area contributed by atoms with Crippen molar-refractivity contribution in [3.8, 4) is 5.75 Å². The van der Waals surface area contributed by atoms with Crippen molar-refractivity contribution in [2.75, 3.05) is 0 Å². The molecule has 0 bridgehead atoms. The number of benzene rings is 1. The maximum Gasteiger partial charge on any atom is 0.408 e. The van der Waals surface area contributed by atoms with Crippen LogP contribution in [0.4, 0.5) is 4.79 Å². The molecule has 0 fully saturated rings. The van der Waals surface area contributed by atoms with Crippen LogP contribution < -0.4 is 5.32 Å². The lowest BCUT2D eigenvalue weighted by atomic mass is 10.1. The van der Waals surface area contributed by atoms with Gasteiger partial charge in [-0.1, -0.05) is 18.2 Å². The van der Waals surface area contributed by atoms with Gasteiger partial charge in [0.25, 0.3) is 0 Å². The molecule has 1 aromatic carbocycles. The lowest BCUT2D eigenvalue weighted by Crippen LogP contribution is -2.45. The van der Waals surface area contributed by atoms with E-state index >= 15 is 0 Å². The van der Waals surface area contributed by atoms with E-state index in [1.54, 1.807) is 39.0 Å². The largest absolute Gasteiger partial charge is 0.508 e. The van der Waals surface area contributed by atoms with E-state index < -0.39 is 23.7 Å². The average Bonchev–Trinajstić information content (AvgIpc) is 2.37. The molecule has 0 heterocycles. The van der Waals surface area contributed by atoms with Crippen LogP contribution >= 0.6 is 0 Å². The van der Waals surface area contributed by atoms with E-state index in [0.717, 1.165) is 0 Å². The zero-order chi connectivity index (χ0) is 16.0. The molecule has 1 rings (SSSR count). The van der Waals surface area contributed by atoms with Crippen LogP contribution in [0.15, 0.2) is 24.3 Å². The molecule has 0 saturated carbocycles. The molecule has 7 nitrogen and oxygen atoms in total. The van der Waals surface area contributed by atoms with Gasteiger partial charge in [0.2, 0.25) is 0 Å². The Morgan fingerprint density at radius 3 is 2.43 bits per heavy atom. The summed E-state index contributed by atoms with van der Waals surface area (Å²) >= 11 is 0. The van der Waals surface area contributed by atoms with Crippen molar-refractivity contribution in [1.29, 1.82) is 0 Å². The smallest absolute Gasteiger partial charge is 0.408 e. The van der Waals surface area contributed by atoms with Crippen LogP contribution in [0.3, 0.4) is 0 Å². The van der Waals surface area contributed by atoms with E-state index in [9.17, 15) is 14.7 Å². The summed E-state index contributed by atoms with van der Waals surface area (Å²) in [6, 6.07) is 5.15. The summed E-state index contributed by atoms with van der Waals surface area (Å²) in [5.74, 6) is -1.08. The minimum absolute atomic E-state index is 0.0285. The molecule has 0 aliphatic carbocycles. The van der Waals surface area contributed by atoms with Crippen molar-refractivity contribution in [1.82, 2.24) is 5.32 Å². The van der Waals surface area contributed by atoms with Gasteiger partial charge in [-0.15, -0.1) is 0 Å². The summed E-state index contributed by atoms with van der Waals surface area (Å²) in [5.41, 5.74) is -0.309. The Kier molecular flexibility index (Phi) is 5.54. The Labute approximate surface area is 122 Å². The Morgan fingerprint density at radius 1 is 1.29 bits per heavy atom. The van der Waals surface area contributed by atoms with Gasteiger partial charge in [0.15, 0.2) is 0 Å². The van der Waals surface area contributed by atoms with Crippen LogP contribution in [0.1, 0.15) is 26.3 Å². The molecule has 1 unspecified atom stereocenters. The number of hydrogen-bond acceptors (Lipinski definition) is 6. The molecule has 7 heteroatoms. The number of amides is 1. The first-order valence-electron chi connectivity index (χ1n) is 6.34. The van der Waals surface area contributed by atoms with Gasteiger partial charge >= 0.3 is 12.1 Å². The van der Waals surface area contributed by atoms with Crippen molar-refractivity contribution in [2.45, 2.75) is 38.8 Å². The summed E-state index contributed by atoms with van der Waals surface area (Å²) in [7, 11) is 0. The van der Waals surface area contributed by atoms with Gasteiger partial charge in [-0.2, -0.15) is 5.26 Å². The number of aromatic hydroxyl groups is 1. The molecule has 3 N–H and O–H groups in total. The van der Waals surface area contributed by atoms with Crippen molar-refractivity contribution < 1.29 is 29.6 Å². The topological polar surface area (TPSA) is 105 Å². The summed E-state index contributed by atoms with van der Waals surface area (Å²) in [6.07, 6.45) is -0.876. The molecule has 1 aromatic rings. The molecule has 0 aliphatic heterocycles. The fourth-order valence-electron chi connectivity index (χ4n) is 1.61. The number of ether oxygens (including phenoxy) is 1. The van der Waals surface area contributed by atoms with Gasteiger partial charge in [0.1, 0.15) is 17.4 Å². The van der Waals surface area contributed by atoms with Crippen LogP contribution in [0, 0.1) is 0 Å². The highest BCUT2D eigenvalue weighted by Gasteiger charge is 2.26. The quantitative estimate of drug-likeness (QED) is 0.578. The summed E-state index contributed by atoms with van der Waals surface area (Å²) in [5, 5.41) is 20.5. The lowest BCUT2D eigenvalue weighted by Gasteiger charge is -2.22. The highest BCUT2D eigenvalue weighted by atomic mass is 17.1. The SMILES string of the molecule is CC(C)(C)OC(=O)NC(Cc1ccccc1O)C(=O)OO. The second-order valence-corrected chi connectivity index (χ2v) is 5.44. The molecule has 0 aliphatic rings. The fraction of sp³-hybridized carbons (Fsp3) is 0.429. The Morgan fingerprint density at radius 2 is 1.90 bits per heavy atom. The average molecular weight is 297 g/mol. The number of nitrogens with one attached hydrogen (secondary N) is 1. The van der Waals surface area contributed by atoms with E-state index in [2.05, 4.69) is 10.2 Å². The fourth-order valence-corrected chi connectivity index (χ4v) is 1.61. The van der Waals surface area contributed by atoms with E-state index in [4.69, 9.17) is 9.99 Å². The Balaban J connectivity index is 2.80. The van der Waals surface area contributed by atoms with Crippen molar-refractivity contribution in [3.63, 3.8) is 0 Å². The molecule has 1 atom stereocenters. The number of alkyl carbamates (subject to hydrolysis) is 1. The van der Waals surface area contributed by atoms with Gasteiger partial charge in [0, 0.05) is 6.42 Å². The Bertz CT molecular complexity index is 508. The van der Waals surface area contributed by atoms with Crippen LogP contribution in [-0.4, -0.2) is 34.1 Å². The molecule has 1 amide bonds. The Hall–Kier alpha value is -2.28. The zero-order valence-corrected chi connectivity index (χ0v) is 12.1. The van der Waals surface area contributed by atoms with Gasteiger partial charge in [-0.3, -0.25) is 4.89 Å². The number of para-hydroxylation sites is 1. The van der Waals surface area contributed by atoms with E-state index in [1.807, 2.05) is 0 Å². The first kappa shape index (κ1) is 16.8. The number of phenols is 1. The van der Waals surface area contributed by atoms with Crippen LogP contribution in [0.25, 0.3) is 0 Å². The third-order valence-corrected chi connectivity index (χ3v) is 2.48. The van der Waals surface area contributed by atoms with Gasteiger partial charge < -0.3 is 15.2 Å². The first-order chi connectivity index (χ1) is 9.73. The molecule has 0 saturated heterocycles. The second kappa shape index (κ2) is 6.94. The monoisotopic (exact) mass is 297 g/mol. The van der Waals surface area contributed by atoms with Gasteiger partial charge in [-0.25, -0.2) is 9.59 Å². The number of rotatable bonds is 4. The molecular weight excluding hydrogens is 278 g/mol. The van der Waals surface area contributed by atoms with Crippen LogP contribution in [-0.2, 0) is 20.8 Å². The minimum Gasteiger partial charge on any atom is -0.508 e. The van der Waals surface area contributed by atoms with Gasteiger partial charge in [0.05, 0.1) is 0 Å². The molecule has 116 valence electrons. The molecule has 0 radical (unpaired) electrons. The second-order valence-electron chi connectivity index (χ2n) is 5.44. The summed E-state index contributed by atoms with van der Waals surface area (Å²) in [6.45, 7) is 5.03. The standard InChI is InChI=1S/C14H19NO6/c1-14(2,3)20-13(18)15-10(12(17)21-19)8-9-6-4-5-7-11(9)16/h4-7,10,16,19H,8H2,1-3H3,(H,15,18). The molecule has 21 heavy (non-hydrogen) atoms. The van der Waals surface area contributed by atoms with Crippen LogP contribution in [0.5, 0.6) is 5.75 Å². The first-order valence-corrected chi connectivity index (χ1v) is 6.34. The third kappa shape index (κ3) is 5.70. The number of carbonyl (C=O) groups is 2. The predicted octanol–water partition coefficient (Wildman–Crippen LogP) is 1.84. The van der Waals surface area contributed by atoms with Crippen LogP contribution in [0.2, 0.25) is 0 Å². The molecular formula is C14H19NO6. The highest BCUT2D eigenvalue weighted by Crippen LogP contribution is 2.18. The molecule has 0 spiro atoms. The maximum absolute atomic E-state index is 11.7. The van der Waals surface area contributed by atoms with E-state index in [-0.39, 0.29) is 12.2 Å². The van der Waals surface area contributed by atoms with E-state index in [0.29, 0.717) is 5.56 Å². The van der Waals surface area contributed by atoms with Crippen molar-refractivity contribution >= 4 is 12.1 Å². The van der Waals surface area contributed by atoms with Crippen molar-refractivity contribution in [2.24, 2.45) is 0 Å².